The zero-order chi connectivity index (χ0) is 20.1. The van der Waals surface area contributed by atoms with Gasteiger partial charge in [-0.15, -0.1) is 0 Å². The lowest BCUT2D eigenvalue weighted by Gasteiger charge is -2.54. The van der Waals surface area contributed by atoms with E-state index in [2.05, 4.69) is 11.9 Å². The number of piperidine rings is 2. The van der Waals surface area contributed by atoms with E-state index >= 15 is 0 Å². The fourth-order valence-corrected chi connectivity index (χ4v) is 4.57. The van der Waals surface area contributed by atoms with Crippen LogP contribution in [0.4, 0.5) is 0 Å². The Morgan fingerprint density at radius 1 is 1.26 bits per heavy atom. The molecular formula is C21H32N2O4. The molecule has 2 aliphatic heterocycles. The Labute approximate surface area is 161 Å². The first-order valence-corrected chi connectivity index (χ1v) is 9.56. The molecule has 0 saturated carbocycles. The van der Waals surface area contributed by atoms with Gasteiger partial charge in [0, 0.05) is 24.5 Å². The molecule has 2 fully saturated rings. The van der Waals surface area contributed by atoms with E-state index in [1.165, 1.54) is 0 Å². The van der Waals surface area contributed by atoms with E-state index in [0.717, 1.165) is 44.5 Å². The van der Waals surface area contributed by atoms with Crippen molar-refractivity contribution in [3.8, 4) is 0 Å². The summed E-state index contributed by atoms with van der Waals surface area (Å²) >= 11 is 0. The van der Waals surface area contributed by atoms with Gasteiger partial charge in [0.15, 0.2) is 0 Å². The number of fused-ring (bicyclic) bond motifs is 1. The van der Waals surface area contributed by atoms with Gasteiger partial charge in [0.2, 0.25) is 5.91 Å². The van der Waals surface area contributed by atoms with Crippen LogP contribution in [0.25, 0.3) is 0 Å². The lowest BCUT2D eigenvalue weighted by molar-refractivity contribution is -0.144. The molecule has 0 bridgehead atoms. The molecule has 150 valence electrons. The lowest BCUT2D eigenvalue weighted by atomic mass is 9.68. The summed E-state index contributed by atoms with van der Waals surface area (Å²) < 4.78 is 0. The molecule has 0 radical (unpaired) electrons. The fourth-order valence-electron chi connectivity index (χ4n) is 4.57. The van der Waals surface area contributed by atoms with Crippen molar-refractivity contribution >= 4 is 12.4 Å². The zero-order valence-electron chi connectivity index (χ0n) is 16.6. The summed E-state index contributed by atoms with van der Waals surface area (Å²) in [6.07, 6.45) is 3.11. The summed E-state index contributed by atoms with van der Waals surface area (Å²) in [5.41, 5.74) is 0.514. The summed E-state index contributed by atoms with van der Waals surface area (Å²) in [4.78, 5) is 26.0. The van der Waals surface area contributed by atoms with Gasteiger partial charge in [0.25, 0.3) is 6.47 Å². The maximum absolute atomic E-state index is 13.2. The Morgan fingerprint density at radius 3 is 2.48 bits per heavy atom. The van der Waals surface area contributed by atoms with Crippen molar-refractivity contribution in [2.24, 2.45) is 5.41 Å². The molecule has 3 rings (SSSR count). The third-order valence-corrected chi connectivity index (χ3v) is 6.33. The molecule has 2 atom stereocenters. The molecule has 1 aromatic carbocycles. The predicted octanol–water partition coefficient (Wildman–Crippen LogP) is 1.97. The number of hydrogen-bond donors (Lipinski definition) is 2. The standard InChI is InChI=1S/C20H30N2O2.CH2O2/c1-19(2,16-8-5-4-6-9-16)18(24)22-13-11-20(15-23)10-7-12-21(3)17(20)14-22;2-1-3/h4-6,8-9,17,23H,7,10-15H2,1-3H3;1H,(H,2,3)/t17-,20-;/m1./s1. The van der Waals surface area contributed by atoms with Crippen LogP contribution >= 0.6 is 0 Å². The summed E-state index contributed by atoms with van der Waals surface area (Å²) in [6, 6.07) is 10.3. The average Bonchev–Trinajstić information content (AvgIpc) is 2.68. The Hall–Kier alpha value is -1.92. The highest BCUT2D eigenvalue weighted by atomic mass is 16.3. The quantitative estimate of drug-likeness (QED) is 0.789. The molecule has 2 aliphatic rings. The monoisotopic (exact) mass is 376 g/mol. The van der Waals surface area contributed by atoms with Crippen LogP contribution in [-0.2, 0) is 15.0 Å². The predicted molar refractivity (Wildman–Crippen MR) is 105 cm³/mol. The molecule has 1 amide bonds. The third-order valence-electron chi connectivity index (χ3n) is 6.33. The molecule has 0 aliphatic carbocycles. The number of rotatable bonds is 3. The molecular weight excluding hydrogens is 344 g/mol. The van der Waals surface area contributed by atoms with E-state index in [1.54, 1.807) is 0 Å². The van der Waals surface area contributed by atoms with E-state index in [-0.39, 0.29) is 30.4 Å². The number of carbonyl (C=O) groups is 2. The van der Waals surface area contributed by atoms with Gasteiger partial charge in [-0.25, -0.2) is 0 Å². The number of likely N-dealkylation sites (N-methyl/N-ethyl adjacent to an activating group) is 1. The van der Waals surface area contributed by atoms with Crippen molar-refractivity contribution in [3.63, 3.8) is 0 Å². The smallest absolute Gasteiger partial charge is 0.290 e. The molecule has 27 heavy (non-hydrogen) atoms. The number of nitrogens with zero attached hydrogens (tertiary/aromatic N) is 2. The maximum atomic E-state index is 13.2. The van der Waals surface area contributed by atoms with Gasteiger partial charge in [-0.2, -0.15) is 0 Å². The molecule has 2 heterocycles. The van der Waals surface area contributed by atoms with Gasteiger partial charge in [-0.3, -0.25) is 9.59 Å². The lowest BCUT2D eigenvalue weighted by Crippen LogP contribution is -2.63. The number of hydrogen-bond acceptors (Lipinski definition) is 4. The van der Waals surface area contributed by atoms with Gasteiger partial charge >= 0.3 is 0 Å². The van der Waals surface area contributed by atoms with Crippen LogP contribution in [0.3, 0.4) is 0 Å². The van der Waals surface area contributed by atoms with Gasteiger partial charge in [0.05, 0.1) is 12.0 Å². The normalized spacial score (nSPS) is 25.8. The minimum Gasteiger partial charge on any atom is -0.483 e. The Morgan fingerprint density at radius 2 is 1.89 bits per heavy atom. The van der Waals surface area contributed by atoms with Crippen molar-refractivity contribution in [1.29, 1.82) is 0 Å². The Balaban J connectivity index is 0.000000817. The van der Waals surface area contributed by atoms with Crippen LogP contribution in [-0.4, -0.2) is 71.7 Å². The summed E-state index contributed by atoms with van der Waals surface area (Å²) in [7, 11) is 2.13. The summed E-state index contributed by atoms with van der Waals surface area (Å²) in [6.45, 7) is 6.54. The number of aliphatic hydroxyl groups excluding tert-OH is 1. The van der Waals surface area contributed by atoms with Crippen LogP contribution < -0.4 is 0 Å². The molecule has 6 nitrogen and oxygen atoms in total. The van der Waals surface area contributed by atoms with Crippen LogP contribution in [0.2, 0.25) is 0 Å². The third kappa shape index (κ3) is 4.33. The van der Waals surface area contributed by atoms with Gasteiger partial charge < -0.3 is 20.0 Å². The average molecular weight is 376 g/mol. The largest absolute Gasteiger partial charge is 0.483 e. The molecule has 2 saturated heterocycles. The van der Waals surface area contributed by atoms with Crippen molar-refractivity contribution in [2.45, 2.75) is 44.6 Å². The first-order valence-electron chi connectivity index (χ1n) is 9.56. The summed E-state index contributed by atoms with van der Waals surface area (Å²) in [5.74, 6) is 0.194. The van der Waals surface area contributed by atoms with Gasteiger partial charge in [-0.1, -0.05) is 30.3 Å². The highest BCUT2D eigenvalue weighted by Gasteiger charge is 2.48. The highest BCUT2D eigenvalue weighted by molar-refractivity contribution is 5.87. The number of aliphatic hydroxyl groups is 1. The van der Waals surface area contributed by atoms with Crippen LogP contribution in [0.15, 0.2) is 30.3 Å². The number of benzene rings is 1. The van der Waals surface area contributed by atoms with Gasteiger partial charge in [0.1, 0.15) is 0 Å². The van der Waals surface area contributed by atoms with Crippen molar-refractivity contribution < 1.29 is 19.8 Å². The van der Waals surface area contributed by atoms with Crippen molar-refractivity contribution in [1.82, 2.24) is 9.80 Å². The molecule has 0 aromatic heterocycles. The first-order chi connectivity index (χ1) is 12.8. The SMILES string of the molecule is CN1CCC[C@]2(CO)CCN(C(=O)C(C)(C)c3ccccc3)C[C@@H]12.O=CO. The van der Waals surface area contributed by atoms with E-state index in [4.69, 9.17) is 9.90 Å². The second kappa shape index (κ2) is 8.85. The van der Waals surface area contributed by atoms with Crippen LogP contribution in [0, 0.1) is 5.41 Å². The Bertz CT molecular complexity index is 634. The van der Waals surface area contributed by atoms with Crippen molar-refractivity contribution in [2.75, 3.05) is 33.3 Å². The number of carbonyl (C=O) groups excluding carboxylic acids is 1. The number of carboxylic acid groups (broad SMARTS) is 1. The minimum absolute atomic E-state index is 0.0271. The highest BCUT2D eigenvalue weighted by Crippen LogP contribution is 2.42. The summed E-state index contributed by atoms with van der Waals surface area (Å²) in [5, 5.41) is 16.9. The van der Waals surface area contributed by atoms with Crippen molar-refractivity contribution in [3.05, 3.63) is 35.9 Å². The Kier molecular flexibility index (Phi) is 7.00. The zero-order valence-corrected chi connectivity index (χ0v) is 16.6. The number of amides is 1. The van der Waals surface area contributed by atoms with Gasteiger partial charge in [-0.05, 0) is 52.3 Å². The second-order valence-electron chi connectivity index (χ2n) is 8.22. The first kappa shape index (κ1) is 21.4. The topological polar surface area (TPSA) is 81.1 Å². The maximum Gasteiger partial charge on any atom is 0.290 e. The number of likely N-dealkylation sites (tertiary alicyclic amines) is 2. The minimum atomic E-state index is -0.520. The fraction of sp³-hybridized carbons (Fsp3) is 0.619. The molecule has 6 heteroatoms. The van der Waals surface area contributed by atoms with E-state index in [0.29, 0.717) is 0 Å². The molecule has 2 N–H and O–H groups in total. The van der Waals surface area contributed by atoms with E-state index in [1.807, 2.05) is 49.1 Å². The van der Waals surface area contributed by atoms with E-state index in [9.17, 15) is 9.90 Å². The second-order valence-corrected chi connectivity index (χ2v) is 8.22. The molecule has 0 spiro atoms. The molecule has 1 aromatic rings. The van der Waals surface area contributed by atoms with Crippen LogP contribution in [0.1, 0.15) is 38.7 Å². The van der Waals surface area contributed by atoms with E-state index < -0.39 is 5.41 Å². The molecule has 0 unspecified atom stereocenters. The van der Waals surface area contributed by atoms with Crippen LogP contribution in [0.5, 0.6) is 0 Å².